The fourth-order valence-electron chi connectivity index (χ4n) is 2.97. The quantitative estimate of drug-likeness (QED) is 0.828. The number of nitrogens with one attached hydrogen (secondary N) is 2. The van der Waals surface area contributed by atoms with E-state index in [0.29, 0.717) is 23.4 Å². The molecule has 1 unspecified atom stereocenters. The van der Waals surface area contributed by atoms with Crippen LogP contribution in [0.3, 0.4) is 0 Å². The molecule has 128 valence electrons. The van der Waals surface area contributed by atoms with E-state index in [1.54, 1.807) is 6.07 Å². The summed E-state index contributed by atoms with van der Waals surface area (Å²) in [6, 6.07) is 4.39. The van der Waals surface area contributed by atoms with Crippen molar-refractivity contribution in [1.82, 2.24) is 10.6 Å². The highest BCUT2D eigenvalue weighted by Gasteiger charge is 2.40. The van der Waals surface area contributed by atoms with Crippen molar-refractivity contribution in [3.05, 3.63) is 46.7 Å². The molecule has 0 radical (unpaired) electrons. The average Bonchev–Trinajstić information content (AvgIpc) is 2.74. The molecular formula is C17H18F3N3O. The number of carbonyl (C=O) groups excluding carboxylic acids is 1. The van der Waals surface area contributed by atoms with Crippen molar-refractivity contribution in [3.8, 4) is 0 Å². The zero-order chi connectivity index (χ0) is 17.7. The Morgan fingerprint density at radius 2 is 2.00 bits per heavy atom. The van der Waals surface area contributed by atoms with Gasteiger partial charge in [0, 0.05) is 17.8 Å². The van der Waals surface area contributed by atoms with Crippen LogP contribution < -0.4 is 10.6 Å². The second-order valence-corrected chi connectivity index (χ2v) is 6.69. The first-order valence-electron chi connectivity index (χ1n) is 7.61. The number of hydrogen-bond donors (Lipinski definition) is 2. The molecule has 1 fully saturated rings. The van der Waals surface area contributed by atoms with Crippen LogP contribution in [-0.4, -0.2) is 23.7 Å². The average molecular weight is 337 g/mol. The van der Waals surface area contributed by atoms with Crippen LogP contribution in [0.15, 0.2) is 40.5 Å². The van der Waals surface area contributed by atoms with E-state index in [1.165, 1.54) is 6.07 Å². The molecule has 2 aliphatic heterocycles. The number of rotatable bonds is 1. The maximum Gasteiger partial charge on any atom is 0.416 e. The molecule has 1 atom stereocenters. The number of benzene rings is 1. The molecule has 0 spiro atoms. The molecule has 0 aromatic heterocycles. The minimum atomic E-state index is -4.43. The maximum absolute atomic E-state index is 13.0. The van der Waals surface area contributed by atoms with Gasteiger partial charge >= 0.3 is 6.18 Å². The number of alkyl halides is 3. The zero-order valence-corrected chi connectivity index (χ0v) is 13.6. The van der Waals surface area contributed by atoms with Crippen LogP contribution >= 0.6 is 0 Å². The predicted molar refractivity (Wildman–Crippen MR) is 84.5 cm³/mol. The van der Waals surface area contributed by atoms with E-state index in [1.807, 2.05) is 20.8 Å². The van der Waals surface area contributed by atoms with Crippen molar-refractivity contribution in [2.45, 2.75) is 38.5 Å². The molecule has 2 aliphatic rings. The predicted octanol–water partition coefficient (Wildman–Crippen LogP) is 2.97. The van der Waals surface area contributed by atoms with Crippen molar-refractivity contribution < 1.29 is 18.0 Å². The summed E-state index contributed by atoms with van der Waals surface area (Å²) in [5, 5.41) is 5.97. The number of carbonyl (C=O) groups is 1. The Labute approximate surface area is 137 Å². The molecule has 0 saturated carbocycles. The van der Waals surface area contributed by atoms with Crippen LogP contribution in [0.2, 0.25) is 0 Å². The first-order chi connectivity index (χ1) is 11.1. The summed E-state index contributed by atoms with van der Waals surface area (Å²) in [5.74, 6) is -0.358. The molecule has 24 heavy (non-hydrogen) atoms. The molecule has 7 heteroatoms. The largest absolute Gasteiger partial charge is 0.416 e. The lowest BCUT2D eigenvalue weighted by molar-refractivity contribution is -0.137. The van der Waals surface area contributed by atoms with E-state index in [4.69, 9.17) is 0 Å². The van der Waals surface area contributed by atoms with Gasteiger partial charge in [0.1, 0.15) is 5.71 Å². The highest BCUT2D eigenvalue weighted by Crippen LogP contribution is 2.36. The van der Waals surface area contributed by atoms with Gasteiger partial charge in [-0.05, 0) is 38.5 Å². The van der Waals surface area contributed by atoms with E-state index in [-0.39, 0.29) is 5.91 Å². The molecule has 1 aromatic rings. The van der Waals surface area contributed by atoms with Gasteiger partial charge in [0.25, 0.3) is 5.91 Å². The third-order valence-electron chi connectivity index (χ3n) is 4.19. The van der Waals surface area contributed by atoms with Gasteiger partial charge in [-0.25, -0.2) is 0 Å². The van der Waals surface area contributed by atoms with Crippen molar-refractivity contribution >= 4 is 11.6 Å². The topological polar surface area (TPSA) is 53.5 Å². The van der Waals surface area contributed by atoms with E-state index >= 15 is 0 Å². The number of fused-ring (bicyclic) bond motifs is 1. The lowest BCUT2D eigenvalue weighted by Gasteiger charge is -2.19. The molecule has 0 bridgehead atoms. The molecule has 3 rings (SSSR count). The van der Waals surface area contributed by atoms with Gasteiger partial charge in [-0.15, -0.1) is 0 Å². The Morgan fingerprint density at radius 1 is 1.29 bits per heavy atom. The minimum absolute atomic E-state index is 0.296. The molecule has 1 aromatic carbocycles. The molecular weight excluding hydrogens is 319 g/mol. The standard InChI is InChI=1S/C17H18F3N3O/c1-9-12-13(10-5-4-6-11(7-10)17(18,19)20)22-15(24)14(12)23-16(2,3)8-21-9/h4-7,13,21H,8H2,1-3H3,(H,22,24). The number of aliphatic imine (C=N–C) groups is 1. The zero-order valence-electron chi connectivity index (χ0n) is 13.6. The highest BCUT2D eigenvalue weighted by molar-refractivity contribution is 6.48. The number of nitrogens with zero attached hydrogens (tertiary/aromatic N) is 1. The lowest BCUT2D eigenvalue weighted by atomic mass is 9.96. The SMILES string of the molecule is CC1=C2C(=NC(C)(C)CN1)C(=O)NC2c1cccc(C(F)(F)F)c1. The summed E-state index contributed by atoms with van der Waals surface area (Å²) in [6.07, 6.45) is -4.43. The van der Waals surface area contributed by atoms with Gasteiger partial charge < -0.3 is 10.6 Å². The van der Waals surface area contributed by atoms with Crippen LogP contribution in [0.1, 0.15) is 37.9 Å². The maximum atomic E-state index is 13.0. The van der Waals surface area contributed by atoms with Crippen LogP contribution in [-0.2, 0) is 11.0 Å². The second kappa shape index (κ2) is 5.36. The summed E-state index contributed by atoms with van der Waals surface area (Å²) < 4.78 is 38.9. The second-order valence-electron chi connectivity index (χ2n) is 6.69. The number of halogens is 3. The van der Waals surface area contributed by atoms with Crippen LogP contribution in [0, 0.1) is 0 Å². The summed E-state index contributed by atoms with van der Waals surface area (Å²) in [4.78, 5) is 16.8. The van der Waals surface area contributed by atoms with Crippen molar-refractivity contribution in [3.63, 3.8) is 0 Å². The number of allylic oxidation sites excluding steroid dienone is 1. The van der Waals surface area contributed by atoms with E-state index in [0.717, 1.165) is 17.8 Å². The van der Waals surface area contributed by atoms with Gasteiger partial charge in [0.2, 0.25) is 0 Å². The molecule has 2 N–H and O–H groups in total. The Morgan fingerprint density at radius 3 is 2.67 bits per heavy atom. The van der Waals surface area contributed by atoms with E-state index in [2.05, 4.69) is 15.6 Å². The third kappa shape index (κ3) is 2.90. The van der Waals surface area contributed by atoms with Gasteiger partial charge in [0.05, 0.1) is 17.1 Å². The van der Waals surface area contributed by atoms with Gasteiger partial charge in [-0.3, -0.25) is 9.79 Å². The lowest BCUT2D eigenvalue weighted by Crippen LogP contribution is -2.33. The Balaban J connectivity index is 2.09. The van der Waals surface area contributed by atoms with Gasteiger partial charge in [0.15, 0.2) is 0 Å². The fraction of sp³-hybridized carbons (Fsp3) is 0.412. The number of amides is 1. The van der Waals surface area contributed by atoms with Crippen LogP contribution in [0.25, 0.3) is 0 Å². The van der Waals surface area contributed by atoms with Crippen molar-refractivity contribution in [2.24, 2.45) is 4.99 Å². The molecule has 4 nitrogen and oxygen atoms in total. The summed E-state index contributed by atoms with van der Waals surface area (Å²) in [5.41, 5.74) is 0.840. The number of hydrogen-bond acceptors (Lipinski definition) is 3. The van der Waals surface area contributed by atoms with Crippen LogP contribution in [0.5, 0.6) is 0 Å². The smallest absolute Gasteiger partial charge is 0.386 e. The van der Waals surface area contributed by atoms with Crippen molar-refractivity contribution in [2.75, 3.05) is 6.54 Å². The summed E-state index contributed by atoms with van der Waals surface area (Å²) in [7, 11) is 0. The molecule has 0 aliphatic carbocycles. The Kier molecular flexibility index (Phi) is 3.69. The highest BCUT2D eigenvalue weighted by atomic mass is 19.4. The molecule has 1 amide bonds. The third-order valence-corrected chi connectivity index (χ3v) is 4.19. The van der Waals surface area contributed by atoms with E-state index < -0.39 is 23.3 Å². The van der Waals surface area contributed by atoms with Gasteiger partial charge in [-0.1, -0.05) is 12.1 Å². The monoisotopic (exact) mass is 337 g/mol. The fourth-order valence-corrected chi connectivity index (χ4v) is 2.97. The summed E-state index contributed by atoms with van der Waals surface area (Å²) in [6.45, 7) is 6.16. The Hall–Kier alpha value is -2.31. The Bertz CT molecular complexity index is 763. The minimum Gasteiger partial charge on any atom is -0.386 e. The summed E-state index contributed by atoms with van der Waals surface area (Å²) >= 11 is 0. The van der Waals surface area contributed by atoms with E-state index in [9.17, 15) is 18.0 Å². The molecule has 2 heterocycles. The normalized spacial score (nSPS) is 23.2. The molecule has 1 saturated heterocycles. The first kappa shape index (κ1) is 16.5. The van der Waals surface area contributed by atoms with Gasteiger partial charge in [-0.2, -0.15) is 13.2 Å². The van der Waals surface area contributed by atoms with Crippen LogP contribution in [0.4, 0.5) is 13.2 Å². The first-order valence-corrected chi connectivity index (χ1v) is 7.61. The van der Waals surface area contributed by atoms with Crippen molar-refractivity contribution in [1.29, 1.82) is 0 Å².